The summed E-state index contributed by atoms with van der Waals surface area (Å²) in [5.41, 5.74) is 8.92. The van der Waals surface area contributed by atoms with Crippen molar-refractivity contribution < 1.29 is 19.1 Å². The molecule has 2 atom stereocenters. The molecule has 4 aromatic carbocycles. The molecule has 200 valence electrons. The Morgan fingerprint density at radius 2 is 1.12 bits per heavy atom. The summed E-state index contributed by atoms with van der Waals surface area (Å²) in [6.45, 7) is 0. The SMILES string of the molecule is CN(C)c1ccc(C(=O)OC2C=C3c4ccccc4-c4cccc(c43)C2OC(=O)c2ccc(N(C)C)cc2)cc1. The van der Waals surface area contributed by atoms with Crippen LogP contribution in [-0.2, 0) is 9.47 Å². The minimum atomic E-state index is -0.810. The van der Waals surface area contributed by atoms with E-state index in [4.69, 9.17) is 9.47 Å². The van der Waals surface area contributed by atoms with Gasteiger partial charge in [-0.1, -0.05) is 42.5 Å². The third-order valence-electron chi connectivity index (χ3n) is 7.53. The summed E-state index contributed by atoms with van der Waals surface area (Å²) >= 11 is 0. The first-order valence-corrected chi connectivity index (χ1v) is 13.2. The van der Waals surface area contributed by atoms with Crippen molar-refractivity contribution in [1.82, 2.24) is 0 Å². The van der Waals surface area contributed by atoms with E-state index in [1.54, 1.807) is 24.3 Å². The molecule has 6 rings (SSSR count). The summed E-state index contributed by atoms with van der Waals surface area (Å²) in [5.74, 6) is -0.953. The molecule has 0 radical (unpaired) electrons. The van der Waals surface area contributed by atoms with Crippen LogP contribution in [0, 0.1) is 0 Å². The van der Waals surface area contributed by atoms with E-state index in [2.05, 4.69) is 18.2 Å². The topological polar surface area (TPSA) is 59.1 Å². The molecule has 2 aliphatic rings. The number of carbonyl (C=O) groups excluding carboxylic acids is 2. The van der Waals surface area contributed by atoms with Crippen LogP contribution in [0.15, 0.2) is 97.1 Å². The molecule has 4 aromatic rings. The van der Waals surface area contributed by atoms with Crippen LogP contribution in [0.4, 0.5) is 11.4 Å². The highest BCUT2D eigenvalue weighted by Gasteiger charge is 2.40. The normalized spacial score (nSPS) is 16.4. The second-order valence-corrected chi connectivity index (χ2v) is 10.5. The molecule has 0 N–H and O–H groups in total. The van der Waals surface area contributed by atoms with Gasteiger partial charge in [0.2, 0.25) is 0 Å². The summed E-state index contributed by atoms with van der Waals surface area (Å²) in [7, 11) is 7.78. The highest BCUT2D eigenvalue weighted by Crippen LogP contribution is 2.51. The van der Waals surface area contributed by atoms with Crippen LogP contribution in [0.2, 0.25) is 0 Å². The Bertz CT molecular complexity index is 1640. The summed E-state index contributed by atoms with van der Waals surface area (Å²) in [6.07, 6.45) is 0.311. The fourth-order valence-electron chi connectivity index (χ4n) is 5.41. The molecule has 0 aromatic heterocycles. The van der Waals surface area contributed by atoms with E-state index in [0.717, 1.165) is 44.8 Å². The lowest BCUT2D eigenvalue weighted by Crippen LogP contribution is -2.31. The summed E-state index contributed by atoms with van der Waals surface area (Å²) in [4.78, 5) is 30.7. The van der Waals surface area contributed by atoms with Gasteiger partial charge in [-0.2, -0.15) is 0 Å². The number of benzene rings is 4. The van der Waals surface area contributed by atoms with Crippen LogP contribution >= 0.6 is 0 Å². The highest BCUT2D eigenvalue weighted by atomic mass is 16.6. The zero-order valence-electron chi connectivity index (χ0n) is 22.9. The Kier molecular flexibility index (Phi) is 6.39. The maximum Gasteiger partial charge on any atom is 0.338 e. The van der Waals surface area contributed by atoms with E-state index in [9.17, 15) is 9.59 Å². The monoisotopic (exact) mass is 530 g/mol. The predicted molar refractivity (Wildman–Crippen MR) is 158 cm³/mol. The van der Waals surface area contributed by atoms with E-state index >= 15 is 0 Å². The lowest BCUT2D eigenvalue weighted by Gasteiger charge is -2.31. The molecule has 0 saturated heterocycles. The van der Waals surface area contributed by atoms with Crippen molar-refractivity contribution in [1.29, 1.82) is 0 Å². The predicted octanol–water partition coefficient (Wildman–Crippen LogP) is 6.37. The Labute approximate surface area is 234 Å². The number of fused-ring (bicyclic) bond motifs is 3. The molecular formula is C34H30N2O4. The molecule has 0 fully saturated rings. The molecule has 0 saturated carbocycles. The molecule has 2 unspecified atom stereocenters. The standard InChI is InChI=1S/C34H30N2O4/c1-35(2)23-16-12-21(13-17-23)33(37)39-30-20-29-26-9-6-5-8-25(26)27-10-7-11-28(31(27)29)32(30)40-34(38)22-14-18-24(19-15-22)36(3)4/h5-20,30,32H,1-4H3. The van der Waals surface area contributed by atoms with Crippen LogP contribution in [0.25, 0.3) is 16.7 Å². The number of ether oxygens (including phenoxy) is 2. The minimum absolute atomic E-state index is 0.430. The number of rotatable bonds is 6. The average molecular weight is 531 g/mol. The smallest absolute Gasteiger partial charge is 0.338 e. The van der Waals surface area contributed by atoms with E-state index in [-0.39, 0.29) is 0 Å². The number of hydrogen-bond donors (Lipinski definition) is 0. The molecule has 2 aliphatic carbocycles. The van der Waals surface area contributed by atoms with Crippen molar-refractivity contribution in [2.24, 2.45) is 0 Å². The second-order valence-electron chi connectivity index (χ2n) is 10.5. The molecule has 6 heteroatoms. The maximum atomic E-state index is 13.4. The number of nitrogens with zero attached hydrogens (tertiary/aromatic N) is 2. The van der Waals surface area contributed by atoms with E-state index < -0.39 is 24.1 Å². The van der Waals surface area contributed by atoms with Gasteiger partial charge in [0.1, 0.15) is 0 Å². The molecule has 0 spiro atoms. The van der Waals surface area contributed by atoms with Crippen LogP contribution in [-0.4, -0.2) is 46.2 Å². The lowest BCUT2D eigenvalue weighted by atomic mass is 9.86. The van der Waals surface area contributed by atoms with E-state index in [1.807, 2.05) is 92.6 Å². The minimum Gasteiger partial charge on any atom is -0.450 e. The average Bonchev–Trinajstić information content (AvgIpc) is 3.29. The first-order valence-electron chi connectivity index (χ1n) is 13.2. The van der Waals surface area contributed by atoms with Gasteiger partial charge in [0.15, 0.2) is 12.2 Å². The van der Waals surface area contributed by atoms with Gasteiger partial charge in [-0.25, -0.2) is 9.59 Å². The van der Waals surface area contributed by atoms with Gasteiger partial charge in [-0.3, -0.25) is 0 Å². The number of anilines is 2. The van der Waals surface area contributed by atoms with Crippen molar-refractivity contribution in [2.75, 3.05) is 38.0 Å². The Hall–Kier alpha value is -4.84. The van der Waals surface area contributed by atoms with Crippen molar-refractivity contribution in [3.05, 3.63) is 125 Å². The Morgan fingerprint density at radius 3 is 1.70 bits per heavy atom. The van der Waals surface area contributed by atoms with Crippen LogP contribution in [0.5, 0.6) is 0 Å². The molecule has 0 heterocycles. The van der Waals surface area contributed by atoms with Crippen molar-refractivity contribution >= 4 is 28.9 Å². The van der Waals surface area contributed by atoms with Crippen LogP contribution in [0.1, 0.15) is 43.5 Å². The molecule has 0 aliphatic heterocycles. The van der Waals surface area contributed by atoms with Crippen molar-refractivity contribution in [3.63, 3.8) is 0 Å². The number of esters is 2. The van der Waals surface area contributed by atoms with Crippen LogP contribution in [0.3, 0.4) is 0 Å². The quantitative estimate of drug-likeness (QED) is 0.238. The third kappa shape index (κ3) is 4.41. The zero-order valence-corrected chi connectivity index (χ0v) is 22.9. The summed E-state index contributed by atoms with van der Waals surface area (Å²) in [6, 6.07) is 28.7. The van der Waals surface area contributed by atoms with Gasteiger partial charge < -0.3 is 19.3 Å². The number of carbonyl (C=O) groups is 2. The molecular weight excluding hydrogens is 500 g/mol. The van der Waals surface area contributed by atoms with Gasteiger partial charge in [0.25, 0.3) is 0 Å². The van der Waals surface area contributed by atoms with Crippen molar-refractivity contribution in [3.8, 4) is 11.1 Å². The summed E-state index contributed by atoms with van der Waals surface area (Å²) < 4.78 is 12.2. The fraction of sp³-hybridized carbons (Fsp3) is 0.176. The largest absolute Gasteiger partial charge is 0.450 e. The van der Waals surface area contributed by atoms with Crippen LogP contribution < -0.4 is 9.80 Å². The molecule has 0 amide bonds. The van der Waals surface area contributed by atoms with Gasteiger partial charge in [0.05, 0.1) is 11.1 Å². The Balaban J connectivity index is 1.37. The highest BCUT2D eigenvalue weighted by molar-refractivity contribution is 6.03. The van der Waals surface area contributed by atoms with Crippen molar-refractivity contribution in [2.45, 2.75) is 12.2 Å². The van der Waals surface area contributed by atoms with Gasteiger partial charge >= 0.3 is 11.9 Å². The Morgan fingerprint density at radius 1 is 0.600 bits per heavy atom. The van der Waals surface area contributed by atoms with Gasteiger partial charge in [0, 0.05) is 45.1 Å². The van der Waals surface area contributed by atoms with Gasteiger partial charge in [-0.15, -0.1) is 0 Å². The molecule has 40 heavy (non-hydrogen) atoms. The first kappa shape index (κ1) is 25.4. The fourth-order valence-corrected chi connectivity index (χ4v) is 5.41. The molecule has 0 bridgehead atoms. The van der Waals surface area contributed by atoms with E-state index in [1.165, 1.54) is 0 Å². The first-order chi connectivity index (χ1) is 19.3. The lowest BCUT2D eigenvalue weighted by molar-refractivity contribution is -0.0230. The summed E-state index contributed by atoms with van der Waals surface area (Å²) in [5, 5.41) is 0. The molecule has 6 nitrogen and oxygen atoms in total. The zero-order chi connectivity index (χ0) is 28.0. The third-order valence-corrected chi connectivity index (χ3v) is 7.53. The second kappa shape index (κ2) is 10.0. The van der Waals surface area contributed by atoms with E-state index in [0.29, 0.717) is 11.1 Å². The van der Waals surface area contributed by atoms with Gasteiger partial charge in [-0.05, 0) is 82.4 Å². The number of hydrogen-bond acceptors (Lipinski definition) is 6. The maximum absolute atomic E-state index is 13.4.